The van der Waals surface area contributed by atoms with E-state index in [9.17, 15) is 43.2 Å². The van der Waals surface area contributed by atoms with Crippen molar-refractivity contribution in [1.82, 2.24) is 0 Å². The molecule has 3 saturated heterocycles. The van der Waals surface area contributed by atoms with Gasteiger partial charge in [0, 0.05) is 62.3 Å². The van der Waals surface area contributed by atoms with Crippen molar-refractivity contribution in [2.24, 2.45) is 0 Å². The third-order valence-electron chi connectivity index (χ3n) is 11.4. The fourth-order valence-electron chi connectivity index (χ4n) is 8.62. The lowest BCUT2D eigenvalue weighted by molar-refractivity contribution is -0.379. The molecule has 0 aliphatic carbocycles. The summed E-state index contributed by atoms with van der Waals surface area (Å²) < 4.78 is 101. The van der Waals surface area contributed by atoms with Crippen molar-refractivity contribution in [3.05, 3.63) is 48.2 Å². The maximum Gasteiger partial charge on any atom is 0.303 e. The molecule has 4 aliphatic heterocycles. The van der Waals surface area contributed by atoms with Crippen LogP contribution in [0.5, 0.6) is 0 Å². The fourth-order valence-corrected chi connectivity index (χ4v) is 8.62. The smallest absolute Gasteiger partial charge is 0.303 e. The first-order valence-electron chi connectivity index (χ1n) is 23.8. The van der Waals surface area contributed by atoms with Crippen molar-refractivity contribution in [3.8, 4) is 0 Å². The lowest BCUT2D eigenvalue weighted by Crippen LogP contribution is -2.67. The van der Waals surface area contributed by atoms with Crippen molar-refractivity contribution >= 4 is 53.7 Å². The van der Waals surface area contributed by atoms with Crippen LogP contribution in [0.15, 0.2) is 42.7 Å². The number of carbonyl (C=O) groups excluding carboxylic acids is 9. The van der Waals surface area contributed by atoms with Gasteiger partial charge in [-0.25, -0.2) is 0 Å². The van der Waals surface area contributed by atoms with Crippen LogP contribution >= 0.6 is 0 Å². The van der Waals surface area contributed by atoms with Crippen molar-refractivity contribution in [3.63, 3.8) is 0 Å². The minimum Gasteiger partial charge on any atom is -0.492 e. The van der Waals surface area contributed by atoms with E-state index in [0.29, 0.717) is 5.56 Å². The summed E-state index contributed by atoms with van der Waals surface area (Å²) in [5, 5.41) is 0. The van der Waals surface area contributed by atoms with Crippen LogP contribution in [0.4, 0.5) is 0 Å². The van der Waals surface area contributed by atoms with Crippen LogP contribution in [0.1, 0.15) is 81.7 Å². The summed E-state index contributed by atoms with van der Waals surface area (Å²) >= 11 is 0. The zero-order valence-electron chi connectivity index (χ0n) is 43.2. The summed E-state index contributed by atoms with van der Waals surface area (Å²) in [5.41, 5.74) is 0.712. The van der Waals surface area contributed by atoms with E-state index in [2.05, 4.69) is 0 Å². The molecule has 0 radical (unpaired) electrons. The van der Waals surface area contributed by atoms with E-state index in [1.54, 1.807) is 37.3 Å². The Bertz CT molecular complexity index is 2200. The van der Waals surface area contributed by atoms with Crippen molar-refractivity contribution in [2.75, 3.05) is 13.2 Å². The molecule has 75 heavy (non-hydrogen) atoms. The fraction of sp³-hybridized carbons (Fsp3) is 0.653. The molecule has 0 saturated carbocycles. The van der Waals surface area contributed by atoms with Crippen molar-refractivity contribution in [2.45, 2.75) is 193 Å². The maximum atomic E-state index is 13.1. The van der Waals surface area contributed by atoms with Crippen LogP contribution in [-0.4, -0.2) is 177 Å². The molecule has 0 N–H and O–H groups in total. The highest BCUT2D eigenvalue weighted by Gasteiger charge is 2.59. The molecule has 3 fully saturated rings. The third-order valence-corrected chi connectivity index (χ3v) is 11.4. The molecule has 0 amide bonds. The Morgan fingerprint density at radius 3 is 1.32 bits per heavy atom. The van der Waals surface area contributed by atoms with Gasteiger partial charge in [0.2, 0.25) is 0 Å². The number of carbonyl (C=O) groups is 9. The molecule has 0 aromatic heterocycles. The third kappa shape index (κ3) is 17.1. The molecule has 416 valence electrons. The number of esters is 9. The summed E-state index contributed by atoms with van der Waals surface area (Å²) in [6.07, 6.45) is -24.8. The van der Waals surface area contributed by atoms with E-state index in [1.807, 2.05) is 0 Å². The summed E-state index contributed by atoms with van der Waals surface area (Å²) in [6, 6.07) is 8.94. The molecule has 26 heteroatoms. The first-order valence-corrected chi connectivity index (χ1v) is 23.8. The Hall–Kier alpha value is -6.29. The van der Waals surface area contributed by atoms with Crippen LogP contribution in [0.2, 0.25) is 0 Å². The number of benzene rings is 1. The zero-order chi connectivity index (χ0) is 55.3. The molecule has 1 aromatic rings. The van der Waals surface area contributed by atoms with E-state index in [-0.39, 0.29) is 6.61 Å². The van der Waals surface area contributed by atoms with Gasteiger partial charge in [0.1, 0.15) is 37.6 Å². The summed E-state index contributed by atoms with van der Waals surface area (Å²) in [6.45, 7) is 11.5. The Kier molecular flexibility index (Phi) is 21.8. The second-order valence-electron chi connectivity index (χ2n) is 17.7. The largest absolute Gasteiger partial charge is 0.492 e. The van der Waals surface area contributed by atoms with E-state index >= 15 is 0 Å². The lowest BCUT2D eigenvalue weighted by Gasteiger charge is -2.49. The average Bonchev–Trinajstić information content (AvgIpc) is 3.30. The first kappa shape index (κ1) is 59.6. The van der Waals surface area contributed by atoms with E-state index in [4.69, 9.17) is 80.5 Å². The average molecular weight is 1070 g/mol. The number of ether oxygens (including phenoxy) is 17. The maximum absolute atomic E-state index is 13.1. The molecule has 18 atom stereocenters. The van der Waals surface area contributed by atoms with Gasteiger partial charge in [-0.15, -0.1) is 0 Å². The second-order valence-corrected chi connectivity index (χ2v) is 17.7. The Morgan fingerprint density at radius 1 is 0.413 bits per heavy atom. The predicted molar refractivity (Wildman–Crippen MR) is 243 cm³/mol. The van der Waals surface area contributed by atoms with Gasteiger partial charge in [0.25, 0.3) is 0 Å². The van der Waals surface area contributed by atoms with Gasteiger partial charge >= 0.3 is 53.7 Å². The summed E-state index contributed by atoms with van der Waals surface area (Å²) in [4.78, 5) is 114. The lowest BCUT2D eigenvalue weighted by atomic mass is 9.96. The summed E-state index contributed by atoms with van der Waals surface area (Å²) in [7, 11) is 0. The summed E-state index contributed by atoms with van der Waals surface area (Å²) in [5.74, 6) is -7.64. The van der Waals surface area contributed by atoms with Crippen LogP contribution in [0.3, 0.4) is 0 Å². The van der Waals surface area contributed by atoms with Gasteiger partial charge in [-0.1, -0.05) is 30.3 Å². The SMILES string of the molecule is CC(=O)OCC1OC=CC(O[C@H]2OC(C)[C@@H](OC(C)=O)C(OCc3ccccc3)[C@@H]2OC(C)=O)[C@H]1O[C@@H]1OC(COC(C)=O)[C@H](OC(C)=O)[C@H](OC(C)=O)C1OC1OC(C)[C@H](OC(C)=O)C(OC(C)=O)[C@@H]1OC(C)=O. The van der Waals surface area contributed by atoms with E-state index < -0.39 is 177 Å². The van der Waals surface area contributed by atoms with E-state index in [1.165, 1.54) is 26.2 Å². The molecule has 9 unspecified atom stereocenters. The monoisotopic (exact) mass is 1070 g/mol. The number of hydrogen-bond donors (Lipinski definition) is 0. The Labute approximate surface area is 431 Å². The molecule has 4 heterocycles. The Morgan fingerprint density at radius 2 is 0.813 bits per heavy atom. The van der Waals surface area contributed by atoms with Gasteiger partial charge in [-0.05, 0) is 25.5 Å². The number of rotatable bonds is 20. The van der Waals surface area contributed by atoms with Crippen LogP contribution in [-0.2, 0) is 130 Å². The molecule has 1 aromatic carbocycles. The van der Waals surface area contributed by atoms with Gasteiger partial charge in [-0.2, -0.15) is 0 Å². The standard InChI is InChI=1S/C49H64O26/c1-22-37(65-26(5)52)41(62-19-33-15-13-12-14-16-33)44(70-31(10)57)47(63-22)72-34-17-18-59-35(20-60-24(3)50)39(34)74-49-46(43(69-30(9)56)40(67-28(7)54)36(73-49)21-61-25(4)51)75-48-45(71-32(11)58)42(68-29(8)55)38(23(2)64-48)66-27(6)53/h12-18,22-23,34-49H,19-21H2,1-11H3/t22?,23?,34?,35?,36?,37-,38+,39-,40+,41?,42?,43+,44+,45+,46?,47-,48?,49+/m1/s1. The van der Waals surface area contributed by atoms with E-state index in [0.717, 1.165) is 55.4 Å². The topological polar surface area (TPSA) is 311 Å². The molecule has 5 rings (SSSR count). The minimum absolute atomic E-state index is 0.0472. The quantitative estimate of drug-likeness (QED) is 0.132. The van der Waals surface area contributed by atoms with Crippen LogP contribution < -0.4 is 0 Å². The highest BCUT2D eigenvalue weighted by Crippen LogP contribution is 2.38. The van der Waals surface area contributed by atoms with Crippen molar-refractivity contribution < 1.29 is 124 Å². The van der Waals surface area contributed by atoms with Gasteiger partial charge in [0.15, 0.2) is 73.8 Å². The zero-order valence-corrected chi connectivity index (χ0v) is 43.2. The van der Waals surface area contributed by atoms with Crippen LogP contribution in [0.25, 0.3) is 0 Å². The molecule has 0 spiro atoms. The molecule has 4 aliphatic rings. The Balaban J connectivity index is 1.65. The molecule has 26 nitrogen and oxygen atoms in total. The number of hydrogen-bond acceptors (Lipinski definition) is 26. The van der Waals surface area contributed by atoms with Gasteiger partial charge in [0.05, 0.1) is 25.1 Å². The molecular formula is C49H64O26. The molecule has 0 bridgehead atoms. The predicted octanol–water partition coefficient (Wildman–Crippen LogP) is 1.50. The normalized spacial score (nSPS) is 33.2. The van der Waals surface area contributed by atoms with Crippen molar-refractivity contribution in [1.29, 1.82) is 0 Å². The highest BCUT2D eigenvalue weighted by atomic mass is 16.8. The van der Waals surface area contributed by atoms with Gasteiger partial charge in [-0.3, -0.25) is 43.2 Å². The molecular weight excluding hydrogens is 1000 g/mol. The second kappa shape index (κ2) is 27.5. The highest BCUT2D eigenvalue weighted by molar-refractivity contribution is 5.70. The first-order chi connectivity index (χ1) is 35.4. The van der Waals surface area contributed by atoms with Gasteiger partial charge < -0.3 is 80.5 Å². The minimum atomic E-state index is -1.94. The van der Waals surface area contributed by atoms with Crippen LogP contribution in [0, 0.1) is 0 Å².